The van der Waals surface area contributed by atoms with Crippen molar-refractivity contribution in [1.29, 1.82) is 0 Å². The van der Waals surface area contributed by atoms with Crippen LogP contribution in [0.1, 0.15) is 172 Å². The van der Waals surface area contributed by atoms with E-state index in [1.807, 2.05) is 39.6 Å². The summed E-state index contributed by atoms with van der Waals surface area (Å²) in [6.07, 6.45) is 11.6. The summed E-state index contributed by atoms with van der Waals surface area (Å²) in [4.78, 5) is 156. The van der Waals surface area contributed by atoms with Crippen LogP contribution in [0.3, 0.4) is 0 Å². The van der Waals surface area contributed by atoms with E-state index in [1.54, 1.807) is 12.1 Å². The summed E-state index contributed by atoms with van der Waals surface area (Å²) in [5.74, 6) is -0.103. The molecule has 0 saturated carbocycles. The number of ether oxygens (including phenoxy) is 2. The number of benzene rings is 1. The van der Waals surface area contributed by atoms with E-state index in [0.29, 0.717) is 37.7 Å². The fraction of sp³-hybridized carbons (Fsp3) is 0.625. The predicted octanol–water partition coefficient (Wildman–Crippen LogP) is 4.18. The minimum atomic E-state index is -1.37. The van der Waals surface area contributed by atoms with E-state index in [0.717, 1.165) is 56.4 Å². The van der Waals surface area contributed by atoms with E-state index in [2.05, 4.69) is 60.0 Å². The number of piperidine rings is 1. The third-order valence-corrected chi connectivity index (χ3v) is 16.5. The largest absolute Gasteiger partial charge is 0.481 e. The van der Waals surface area contributed by atoms with Crippen LogP contribution in [0.15, 0.2) is 29.6 Å². The number of carbonyl (C=O) groups excluding carboxylic acids is 9. The summed E-state index contributed by atoms with van der Waals surface area (Å²) in [6.45, 7) is 10.7. The van der Waals surface area contributed by atoms with Crippen molar-refractivity contribution in [2.24, 2.45) is 17.3 Å². The Kier molecular flexibility index (Phi) is 32.1. The van der Waals surface area contributed by atoms with Gasteiger partial charge in [0.05, 0.1) is 43.7 Å². The van der Waals surface area contributed by atoms with Gasteiger partial charge in [0.2, 0.25) is 35.4 Å². The fourth-order valence-electron chi connectivity index (χ4n) is 10.1. The molecule has 26 nitrogen and oxygen atoms in total. The second kappa shape index (κ2) is 38.7. The first kappa shape index (κ1) is 75.5. The summed E-state index contributed by atoms with van der Waals surface area (Å²) >= 11 is 1.04. The zero-order valence-corrected chi connectivity index (χ0v) is 54.4. The van der Waals surface area contributed by atoms with Gasteiger partial charge in [0.25, 0.3) is 11.8 Å². The number of terminal acetylenes is 1. The van der Waals surface area contributed by atoms with Gasteiger partial charge in [-0.05, 0) is 115 Å². The van der Waals surface area contributed by atoms with Crippen LogP contribution in [-0.4, -0.2) is 173 Å². The average Bonchev–Trinajstić information content (AvgIpc) is 1.91. The molecule has 1 aliphatic heterocycles. The number of carbonyl (C=O) groups is 11. The van der Waals surface area contributed by atoms with E-state index in [-0.39, 0.29) is 79.1 Å². The Bertz CT molecular complexity index is 2920. The molecule has 9 N–H and O–H groups in total. The van der Waals surface area contributed by atoms with E-state index in [9.17, 15) is 63.0 Å². The number of aliphatic carboxylic acids is 2. The maximum atomic E-state index is 14.9. The molecule has 4 rings (SSSR count). The van der Waals surface area contributed by atoms with Crippen molar-refractivity contribution >= 4 is 82.2 Å². The summed E-state index contributed by atoms with van der Waals surface area (Å²) in [5.41, 5.74) is -0.567. The van der Waals surface area contributed by atoms with Gasteiger partial charge in [0.15, 0.2) is 6.10 Å². The van der Waals surface area contributed by atoms with Crippen molar-refractivity contribution in [1.82, 2.24) is 46.8 Å². The number of esters is 1. The van der Waals surface area contributed by atoms with Gasteiger partial charge in [-0.3, -0.25) is 62.5 Å². The monoisotopic (exact) mass is 1290 g/mol. The van der Waals surface area contributed by atoms with Gasteiger partial charge >= 0.3 is 17.9 Å². The van der Waals surface area contributed by atoms with Crippen molar-refractivity contribution in [2.75, 3.05) is 51.8 Å². The third kappa shape index (κ3) is 26.8. The molecule has 1 aromatic carbocycles. The van der Waals surface area contributed by atoms with Crippen molar-refractivity contribution < 1.29 is 77.3 Å². The molecule has 0 spiro atoms. The molecule has 8 amide bonds. The topological polar surface area (TPSA) is 359 Å². The predicted molar refractivity (Wildman–Crippen MR) is 337 cm³/mol. The van der Waals surface area contributed by atoms with Crippen LogP contribution in [0.2, 0.25) is 0 Å². The van der Waals surface area contributed by atoms with Gasteiger partial charge in [-0.2, -0.15) is 0 Å². The number of nitrogens with one attached hydrogen (secondary N) is 7. The number of aromatic nitrogens is 1. The molecule has 500 valence electrons. The molecule has 1 saturated heterocycles. The molecule has 0 radical (unpaired) electrons. The minimum absolute atomic E-state index is 0.0216. The van der Waals surface area contributed by atoms with E-state index >= 15 is 0 Å². The van der Waals surface area contributed by atoms with Crippen molar-refractivity contribution in [2.45, 2.75) is 194 Å². The Morgan fingerprint density at radius 1 is 0.879 bits per heavy atom. The normalized spacial score (nSPS) is 17.0. The van der Waals surface area contributed by atoms with Crippen LogP contribution >= 0.6 is 11.3 Å². The highest BCUT2D eigenvalue weighted by Gasteiger charge is 2.40. The number of hydrogen-bond acceptors (Lipinski definition) is 17. The molecular formula is C64H92N10O16S. The number of rotatable bonds is 37. The Balaban J connectivity index is 1.43. The Morgan fingerprint density at radius 2 is 1.55 bits per heavy atom. The third-order valence-electron chi connectivity index (χ3n) is 15.6. The Morgan fingerprint density at radius 3 is 2.18 bits per heavy atom. The van der Waals surface area contributed by atoms with Crippen LogP contribution < -0.4 is 37.2 Å². The highest BCUT2D eigenvalue weighted by molar-refractivity contribution is 7.09. The van der Waals surface area contributed by atoms with Crippen molar-refractivity contribution in [3.8, 4) is 24.2 Å². The second-order valence-electron chi connectivity index (χ2n) is 23.9. The number of likely N-dealkylation sites (tertiary alicyclic amines) is 1. The van der Waals surface area contributed by atoms with Gasteiger partial charge < -0.3 is 56.9 Å². The molecule has 1 aliphatic carbocycles. The summed E-state index contributed by atoms with van der Waals surface area (Å²) in [7, 11) is 1.89. The molecule has 27 heteroatoms. The van der Waals surface area contributed by atoms with Crippen LogP contribution in [0.4, 0.5) is 5.69 Å². The SMILES string of the molecule is C#CCCCON(C(=O)[C@@H](NC(=O)[C@H]1CCCCN1C)[C@@H](C)CC)[C@H](C[C@@H](OC(C)=O)c1nc(C(=O)N[C@@H](Cc2ccc(NC(=O)[C@H](CCC(=O)O)NC(=O)CNC(=O)CNC(=O)CNC(=O)COC3C#CCCCCC3)cc2)CC(C)(C)C(=O)O)cs1)C(C)C. The number of hydrogen-bond donors (Lipinski definition) is 9. The Hall–Kier alpha value is -7.98. The lowest BCUT2D eigenvalue weighted by Gasteiger charge is -2.39. The number of anilines is 1. The molecule has 2 aliphatic rings. The van der Waals surface area contributed by atoms with E-state index in [1.165, 1.54) is 43.3 Å². The Labute approximate surface area is 536 Å². The second-order valence-corrected chi connectivity index (χ2v) is 24.8. The first-order valence-corrected chi connectivity index (χ1v) is 32.0. The quantitative estimate of drug-likeness (QED) is 0.0198. The molecule has 1 fully saturated rings. The lowest BCUT2D eigenvalue weighted by atomic mass is 9.84. The molecular weight excluding hydrogens is 1200 g/mol. The lowest BCUT2D eigenvalue weighted by molar-refractivity contribution is -0.213. The number of thiazole rings is 1. The smallest absolute Gasteiger partial charge is 0.309 e. The maximum absolute atomic E-state index is 14.9. The summed E-state index contributed by atoms with van der Waals surface area (Å²) < 4.78 is 11.4. The molecule has 1 aromatic heterocycles. The number of likely N-dealkylation sites (N-methyl/N-ethyl adjacent to an activating group) is 1. The van der Waals surface area contributed by atoms with Crippen LogP contribution in [0, 0.1) is 41.4 Å². The summed E-state index contributed by atoms with van der Waals surface area (Å²) in [6, 6.07) is 1.96. The zero-order valence-electron chi connectivity index (χ0n) is 53.6. The van der Waals surface area contributed by atoms with Crippen LogP contribution in [0.5, 0.6) is 0 Å². The van der Waals surface area contributed by atoms with Gasteiger partial charge in [-0.25, -0.2) is 10.0 Å². The van der Waals surface area contributed by atoms with E-state index < -0.39 is 127 Å². The van der Waals surface area contributed by atoms with Gasteiger partial charge in [-0.1, -0.05) is 65.0 Å². The summed E-state index contributed by atoms with van der Waals surface area (Å²) in [5, 5.41) is 40.6. The van der Waals surface area contributed by atoms with Crippen molar-refractivity contribution in [3.63, 3.8) is 0 Å². The van der Waals surface area contributed by atoms with Gasteiger partial charge in [-0.15, -0.1) is 29.6 Å². The lowest BCUT2D eigenvalue weighted by Crippen LogP contribution is -2.58. The standard InChI is InChI=1S/C64H92N10O16S/c1-10-12-20-31-89-74(62(85)57(41(5)11-2)72-60(84)49-23-18-19-30-73(49)9)50(40(3)4)33-51(90-42(6)75)61-71-48(39-91-61)59(83)69-45(34-64(7,8)63(86)87)32-43-24-26-44(27-25-43)68-58(82)47(28-29-56(80)81)70-54(78)37-66-52(76)35-65-53(77)36-67-55(79)38-88-46-21-16-14-13-15-17-22-46/h1,24-27,39-41,45-47,49-51,57H,11-16,18-21,23,28-38H2,2-9H3,(H,65,77)(H,66,76)(H,67,79)(H,68,82)(H,69,83)(H,70,78)(H,72,84)(H,80,81)(H,86,87)/t41-,45-,46?,47-,49+,50+,51+,57-/m0/s1. The van der Waals surface area contributed by atoms with Crippen molar-refractivity contribution in [3.05, 3.63) is 45.9 Å². The van der Waals surface area contributed by atoms with Crippen LogP contribution in [0.25, 0.3) is 0 Å². The first-order chi connectivity index (χ1) is 43.2. The molecule has 2 heterocycles. The van der Waals surface area contributed by atoms with Crippen LogP contribution in [-0.2, 0) is 68.7 Å². The van der Waals surface area contributed by atoms with E-state index in [4.69, 9.17) is 20.7 Å². The number of unbranched alkanes of at least 4 members (excludes halogenated alkanes) is 1. The first-order valence-electron chi connectivity index (χ1n) is 31.1. The molecule has 2 aromatic rings. The average molecular weight is 1290 g/mol. The number of nitrogens with zero attached hydrogens (tertiary/aromatic N) is 3. The fourth-order valence-corrected chi connectivity index (χ4v) is 10.9. The van der Waals surface area contributed by atoms with Gasteiger partial charge in [0.1, 0.15) is 35.5 Å². The highest BCUT2D eigenvalue weighted by atomic mass is 32.1. The highest BCUT2D eigenvalue weighted by Crippen LogP contribution is 2.33. The number of hydroxylamine groups is 2. The number of carboxylic acid groups (broad SMARTS) is 2. The molecule has 0 bridgehead atoms. The van der Waals surface area contributed by atoms with Gasteiger partial charge in [0, 0.05) is 49.7 Å². The minimum Gasteiger partial charge on any atom is -0.481 e. The molecule has 1 unspecified atom stereocenters. The molecule has 8 atom stereocenters. The number of carboxylic acids is 2. The molecule has 91 heavy (non-hydrogen) atoms. The zero-order chi connectivity index (χ0) is 67.2. The number of amides is 8. The maximum Gasteiger partial charge on any atom is 0.309 e.